The molecule has 0 fully saturated rings. The Kier molecular flexibility index (Phi) is 4.23. The fraction of sp³-hybridized carbons (Fsp3) is 0.364. The van der Waals surface area contributed by atoms with Crippen LogP contribution >= 0.6 is 27.7 Å². The molecule has 2 N–H and O–H groups in total. The molecule has 0 bridgehead atoms. The third-order valence-electron chi connectivity index (χ3n) is 2.35. The van der Waals surface area contributed by atoms with E-state index in [1.54, 1.807) is 18.0 Å². The summed E-state index contributed by atoms with van der Waals surface area (Å²) in [6.07, 6.45) is 1.79. The molecule has 2 heterocycles. The molecule has 2 rings (SSSR count). The average Bonchev–Trinajstić information content (AvgIpc) is 2.70. The van der Waals surface area contributed by atoms with E-state index in [0.29, 0.717) is 5.95 Å². The number of aromatic nitrogens is 4. The summed E-state index contributed by atoms with van der Waals surface area (Å²) in [6.45, 7) is 4.11. The van der Waals surface area contributed by atoms with Gasteiger partial charge in [-0.15, -0.1) is 10.2 Å². The molecule has 0 unspecified atom stereocenters. The Hall–Kier alpha value is -1.08. The molecule has 2 aromatic rings. The van der Waals surface area contributed by atoms with E-state index in [4.69, 9.17) is 5.73 Å². The number of nitrogens with zero attached hydrogens (tertiary/aromatic N) is 4. The number of nitrogens with two attached hydrogens (primary N) is 1. The number of thioether (sulfide) groups is 1. The predicted octanol–water partition coefficient (Wildman–Crippen LogP) is 2.89. The van der Waals surface area contributed by atoms with Crippen LogP contribution in [-0.2, 0) is 5.75 Å². The second-order valence-corrected chi connectivity index (χ2v) is 5.92. The van der Waals surface area contributed by atoms with Crippen LogP contribution in [0.1, 0.15) is 25.6 Å². The Morgan fingerprint density at radius 3 is 2.78 bits per heavy atom. The van der Waals surface area contributed by atoms with Crippen molar-refractivity contribution in [3.63, 3.8) is 0 Å². The Balaban J connectivity index is 2.08. The van der Waals surface area contributed by atoms with Gasteiger partial charge in [0.1, 0.15) is 0 Å². The van der Waals surface area contributed by atoms with Crippen LogP contribution in [0.4, 0.5) is 5.95 Å². The van der Waals surface area contributed by atoms with Gasteiger partial charge in [-0.25, -0.2) is 0 Å². The van der Waals surface area contributed by atoms with E-state index < -0.39 is 0 Å². The molecule has 0 radical (unpaired) electrons. The summed E-state index contributed by atoms with van der Waals surface area (Å²) in [4.78, 5) is 4.32. The fourth-order valence-corrected chi connectivity index (χ4v) is 2.73. The lowest BCUT2D eigenvalue weighted by Crippen LogP contribution is -2.07. The third-order valence-corrected chi connectivity index (χ3v) is 3.79. The van der Waals surface area contributed by atoms with Gasteiger partial charge in [0.15, 0.2) is 5.16 Å². The number of halogens is 1. The maximum absolute atomic E-state index is 5.79. The largest absolute Gasteiger partial charge is 0.368 e. The van der Waals surface area contributed by atoms with Crippen molar-refractivity contribution in [2.24, 2.45) is 0 Å². The predicted molar refractivity (Wildman–Crippen MR) is 76.3 cm³/mol. The first kappa shape index (κ1) is 13.4. The van der Waals surface area contributed by atoms with Crippen LogP contribution in [0.25, 0.3) is 0 Å². The van der Waals surface area contributed by atoms with Gasteiger partial charge in [0.2, 0.25) is 5.95 Å². The highest BCUT2D eigenvalue weighted by molar-refractivity contribution is 9.10. The lowest BCUT2D eigenvalue weighted by Gasteiger charge is -2.10. The zero-order chi connectivity index (χ0) is 13.1. The van der Waals surface area contributed by atoms with Gasteiger partial charge in [0.05, 0.1) is 5.69 Å². The second kappa shape index (κ2) is 5.71. The Labute approximate surface area is 118 Å². The van der Waals surface area contributed by atoms with Crippen molar-refractivity contribution in [1.29, 1.82) is 0 Å². The van der Waals surface area contributed by atoms with Crippen LogP contribution in [0.15, 0.2) is 28.0 Å². The van der Waals surface area contributed by atoms with Crippen LogP contribution in [0, 0.1) is 0 Å². The minimum absolute atomic E-state index is 0.250. The average molecular weight is 328 g/mol. The lowest BCUT2D eigenvalue weighted by molar-refractivity contribution is 0.557. The molecule has 18 heavy (non-hydrogen) atoms. The van der Waals surface area contributed by atoms with Crippen molar-refractivity contribution in [3.05, 3.63) is 28.5 Å². The molecule has 0 amide bonds. The van der Waals surface area contributed by atoms with Crippen LogP contribution in [-0.4, -0.2) is 19.7 Å². The van der Waals surface area contributed by atoms with E-state index in [-0.39, 0.29) is 6.04 Å². The first-order chi connectivity index (χ1) is 8.58. The molecule has 0 spiro atoms. The van der Waals surface area contributed by atoms with E-state index in [1.165, 1.54) is 0 Å². The topological polar surface area (TPSA) is 69.6 Å². The normalized spacial score (nSPS) is 11.1. The second-order valence-electron chi connectivity index (χ2n) is 4.06. The van der Waals surface area contributed by atoms with Crippen LogP contribution in [0.3, 0.4) is 0 Å². The molecule has 0 aliphatic heterocycles. The SMILES string of the molecule is CC(C)n1c(N)nnc1SCc1ccc(Br)cn1. The minimum Gasteiger partial charge on any atom is -0.368 e. The smallest absolute Gasteiger partial charge is 0.222 e. The van der Waals surface area contributed by atoms with Gasteiger partial charge in [0, 0.05) is 22.5 Å². The van der Waals surface area contributed by atoms with Crippen molar-refractivity contribution in [3.8, 4) is 0 Å². The van der Waals surface area contributed by atoms with Crippen LogP contribution in [0.5, 0.6) is 0 Å². The quantitative estimate of drug-likeness (QED) is 0.874. The summed E-state index contributed by atoms with van der Waals surface area (Å²) in [7, 11) is 0. The van der Waals surface area contributed by atoms with Gasteiger partial charge in [-0.3, -0.25) is 9.55 Å². The summed E-state index contributed by atoms with van der Waals surface area (Å²) in [5, 5.41) is 8.82. The van der Waals surface area contributed by atoms with E-state index >= 15 is 0 Å². The van der Waals surface area contributed by atoms with E-state index in [9.17, 15) is 0 Å². The van der Waals surface area contributed by atoms with Crippen molar-refractivity contribution in [2.75, 3.05) is 5.73 Å². The van der Waals surface area contributed by atoms with E-state index in [1.807, 2.05) is 16.7 Å². The van der Waals surface area contributed by atoms with E-state index in [2.05, 4.69) is 45.0 Å². The first-order valence-corrected chi connectivity index (χ1v) is 7.29. The Bertz CT molecular complexity index is 523. The van der Waals surface area contributed by atoms with Crippen LogP contribution < -0.4 is 5.73 Å². The summed E-state index contributed by atoms with van der Waals surface area (Å²) < 4.78 is 2.90. The molecule has 0 atom stereocenters. The molecule has 96 valence electrons. The highest BCUT2D eigenvalue weighted by Gasteiger charge is 2.12. The van der Waals surface area contributed by atoms with Gasteiger partial charge >= 0.3 is 0 Å². The lowest BCUT2D eigenvalue weighted by atomic mass is 10.4. The summed E-state index contributed by atoms with van der Waals surface area (Å²) in [5.74, 6) is 1.20. The zero-order valence-corrected chi connectivity index (χ0v) is 12.6. The molecule has 5 nitrogen and oxygen atoms in total. The molecular formula is C11H14BrN5S. The maximum Gasteiger partial charge on any atom is 0.222 e. The van der Waals surface area contributed by atoms with Crippen molar-refractivity contribution in [1.82, 2.24) is 19.7 Å². The Morgan fingerprint density at radius 1 is 1.39 bits per heavy atom. The molecular weight excluding hydrogens is 314 g/mol. The molecule has 0 saturated heterocycles. The highest BCUT2D eigenvalue weighted by Crippen LogP contribution is 2.25. The number of rotatable bonds is 4. The monoisotopic (exact) mass is 327 g/mol. The molecule has 0 aliphatic rings. The fourth-order valence-electron chi connectivity index (χ4n) is 1.50. The maximum atomic E-state index is 5.79. The summed E-state index contributed by atoms with van der Waals surface area (Å²) in [5.41, 5.74) is 6.79. The number of anilines is 1. The summed E-state index contributed by atoms with van der Waals surface area (Å²) >= 11 is 4.95. The number of pyridine rings is 1. The first-order valence-electron chi connectivity index (χ1n) is 5.51. The highest BCUT2D eigenvalue weighted by atomic mass is 79.9. The van der Waals surface area contributed by atoms with Gasteiger partial charge in [-0.2, -0.15) is 0 Å². The zero-order valence-electron chi connectivity index (χ0n) is 10.2. The summed E-state index contributed by atoms with van der Waals surface area (Å²) in [6, 6.07) is 4.21. The van der Waals surface area contributed by atoms with Crippen molar-refractivity contribution >= 4 is 33.6 Å². The number of hydrogen-bond donors (Lipinski definition) is 1. The van der Waals surface area contributed by atoms with E-state index in [0.717, 1.165) is 21.1 Å². The minimum atomic E-state index is 0.250. The molecule has 2 aromatic heterocycles. The Morgan fingerprint density at radius 2 is 2.17 bits per heavy atom. The van der Waals surface area contributed by atoms with Gasteiger partial charge in [-0.1, -0.05) is 11.8 Å². The molecule has 0 saturated carbocycles. The third kappa shape index (κ3) is 3.02. The van der Waals surface area contributed by atoms with Crippen LogP contribution in [0.2, 0.25) is 0 Å². The van der Waals surface area contributed by atoms with Crippen molar-refractivity contribution < 1.29 is 0 Å². The number of nitrogen functional groups attached to an aromatic ring is 1. The van der Waals surface area contributed by atoms with Gasteiger partial charge in [0.25, 0.3) is 0 Å². The number of hydrogen-bond acceptors (Lipinski definition) is 5. The van der Waals surface area contributed by atoms with Gasteiger partial charge < -0.3 is 5.73 Å². The van der Waals surface area contributed by atoms with Crippen molar-refractivity contribution in [2.45, 2.75) is 30.8 Å². The standard InChI is InChI=1S/C11H14BrN5S/c1-7(2)17-10(13)15-16-11(17)18-6-9-4-3-8(12)5-14-9/h3-5,7H,6H2,1-2H3,(H2,13,15). The molecule has 7 heteroatoms. The molecule has 0 aromatic carbocycles. The van der Waals surface area contributed by atoms with Gasteiger partial charge in [-0.05, 0) is 41.9 Å². The molecule has 0 aliphatic carbocycles.